The lowest BCUT2D eigenvalue weighted by atomic mass is 10.0. The van der Waals surface area contributed by atoms with Crippen molar-refractivity contribution in [2.45, 2.75) is 32.7 Å². The molecule has 6 heteroatoms. The molecule has 154 valence electrons. The summed E-state index contributed by atoms with van der Waals surface area (Å²) in [4.78, 5) is 27.3. The highest BCUT2D eigenvalue weighted by molar-refractivity contribution is 6.33. The van der Waals surface area contributed by atoms with Crippen LogP contribution >= 0.6 is 11.6 Å². The molecule has 2 aromatic carbocycles. The van der Waals surface area contributed by atoms with Crippen molar-refractivity contribution in [2.24, 2.45) is 5.92 Å². The van der Waals surface area contributed by atoms with Crippen molar-refractivity contribution in [1.29, 1.82) is 0 Å². The van der Waals surface area contributed by atoms with Gasteiger partial charge in [-0.05, 0) is 43.0 Å². The third-order valence-electron chi connectivity index (χ3n) is 5.11. The molecule has 0 radical (unpaired) electrons. The van der Waals surface area contributed by atoms with E-state index >= 15 is 0 Å². The van der Waals surface area contributed by atoms with Crippen LogP contribution in [-0.4, -0.2) is 37.5 Å². The molecule has 0 aliphatic carbocycles. The molecular formula is C23H28ClN3O2. The lowest BCUT2D eigenvalue weighted by Gasteiger charge is -2.35. The number of hydrogen-bond donors (Lipinski definition) is 2. The molecule has 0 unspecified atom stereocenters. The van der Waals surface area contributed by atoms with Gasteiger partial charge >= 0.3 is 0 Å². The maximum absolute atomic E-state index is 12.6. The molecule has 0 aromatic heterocycles. The van der Waals surface area contributed by atoms with E-state index in [0.717, 1.165) is 31.6 Å². The number of amides is 2. The molecule has 1 saturated heterocycles. The van der Waals surface area contributed by atoms with Gasteiger partial charge in [0.05, 0.1) is 16.1 Å². The highest BCUT2D eigenvalue weighted by atomic mass is 35.5. The molecule has 1 aliphatic rings. The Morgan fingerprint density at radius 2 is 1.62 bits per heavy atom. The third-order valence-corrected chi connectivity index (χ3v) is 5.44. The molecule has 1 fully saturated rings. The first-order chi connectivity index (χ1) is 14.0. The summed E-state index contributed by atoms with van der Waals surface area (Å²) >= 11 is 6.13. The van der Waals surface area contributed by atoms with Gasteiger partial charge in [0.15, 0.2) is 0 Å². The van der Waals surface area contributed by atoms with Crippen LogP contribution in [-0.2, 0) is 0 Å². The summed E-state index contributed by atoms with van der Waals surface area (Å²) in [5.41, 5.74) is 2.15. The molecule has 2 amide bonds. The van der Waals surface area contributed by atoms with E-state index in [1.807, 2.05) is 36.4 Å². The zero-order valence-corrected chi connectivity index (χ0v) is 17.7. The van der Waals surface area contributed by atoms with Crippen molar-refractivity contribution in [3.63, 3.8) is 0 Å². The average Bonchev–Trinajstić information content (AvgIpc) is 2.73. The number of halogens is 1. The van der Waals surface area contributed by atoms with Gasteiger partial charge in [0, 0.05) is 31.4 Å². The molecule has 0 bridgehead atoms. The highest BCUT2D eigenvalue weighted by Crippen LogP contribution is 2.25. The van der Waals surface area contributed by atoms with E-state index < -0.39 is 0 Å². The lowest BCUT2D eigenvalue weighted by Crippen LogP contribution is -2.45. The van der Waals surface area contributed by atoms with Crippen LogP contribution in [0.1, 0.15) is 47.4 Å². The van der Waals surface area contributed by atoms with Crippen molar-refractivity contribution in [2.75, 3.05) is 24.5 Å². The number of para-hydroxylation sites is 1. The first kappa shape index (κ1) is 21.2. The van der Waals surface area contributed by atoms with Crippen LogP contribution < -0.4 is 15.5 Å². The Hall–Kier alpha value is -2.53. The third kappa shape index (κ3) is 5.51. The number of hydrogen-bond acceptors (Lipinski definition) is 3. The zero-order chi connectivity index (χ0) is 20.8. The van der Waals surface area contributed by atoms with Gasteiger partial charge in [0.25, 0.3) is 11.8 Å². The van der Waals surface area contributed by atoms with Gasteiger partial charge in [0.1, 0.15) is 0 Å². The second-order valence-corrected chi connectivity index (χ2v) is 8.24. The van der Waals surface area contributed by atoms with Crippen LogP contribution in [0.5, 0.6) is 0 Å². The first-order valence-electron chi connectivity index (χ1n) is 10.1. The fourth-order valence-corrected chi connectivity index (χ4v) is 3.73. The number of carbonyl (C=O) groups is 2. The van der Waals surface area contributed by atoms with E-state index in [0.29, 0.717) is 28.6 Å². The summed E-state index contributed by atoms with van der Waals surface area (Å²) in [6.45, 7) is 6.37. The molecule has 0 atom stereocenters. The van der Waals surface area contributed by atoms with E-state index in [1.165, 1.54) is 0 Å². The molecule has 1 aliphatic heterocycles. The number of nitrogens with zero attached hydrogens (tertiary/aromatic N) is 1. The van der Waals surface area contributed by atoms with Gasteiger partial charge in [-0.25, -0.2) is 0 Å². The van der Waals surface area contributed by atoms with Gasteiger partial charge in [-0.1, -0.05) is 49.7 Å². The Kier molecular flexibility index (Phi) is 7.15. The maximum atomic E-state index is 12.6. The smallest absolute Gasteiger partial charge is 0.253 e. The van der Waals surface area contributed by atoms with Crippen LogP contribution in [0.4, 0.5) is 5.69 Å². The first-order valence-corrected chi connectivity index (χ1v) is 10.5. The lowest BCUT2D eigenvalue weighted by molar-refractivity contribution is 0.0929. The molecule has 3 rings (SSSR count). The molecule has 0 saturated carbocycles. The Morgan fingerprint density at radius 3 is 2.28 bits per heavy atom. The normalized spacial score (nSPS) is 14.7. The van der Waals surface area contributed by atoms with Gasteiger partial charge in [-0.2, -0.15) is 0 Å². The second-order valence-electron chi connectivity index (χ2n) is 7.84. The highest BCUT2D eigenvalue weighted by Gasteiger charge is 2.24. The fraction of sp³-hybridized carbons (Fsp3) is 0.391. The average molecular weight is 414 g/mol. The summed E-state index contributed by atoms with van der Waals surface area (Å²) < 4.78 is 0. The predicted molar refractivity (Wildman–Crippen MR) is 118 cm³/mol. The number of piperidine rings is 1. The predicted octanol–water partition coefficient (Wildman–Crippen LogP) is 4.12. The van der Waals surface area contributed by atoms with E-state index in [2.05, 4.69) is 29.4 Å². The number of nitrogens with one attached hydrogen (secondary N) is 2. The SMILES string of the molecule is CC(C)CNC(=O)c1ccccc1N1CCC(NC(=O)c2ccccc2Cl)CC1. The number of rotatable bonds is 6. The van der Waals surface area contributed by atoms with Crippen LogP contribution in [0, 0.1) is 5.92 Å². The summed E-state index contributed by atoms with van der Waals surface area (Å²) in [5.74, 6) is 0.231. The fourth-order valence-electron chi connectivity index (χ4n) is 3.51. The topological polar surface area (TPSA) is 61.4 Å². The number of benzene rings is 2. The Morgan fingerprint density at radius 1 is 1.00 bits per heavy atom. The summed E-state index contributed by atoms with van der Waals surface area (Å²) in [7, 11) is 0. The quantitative estimate of drug-likeness (QED) is 0.748. The van der Waals surface area contributed by atoms with Crippen molar-refractivity contribution in [1.82, 2.24) is 10.6 Å². The van der Waals surface area contributed by atoms with Gasteiger partial charge in [0.2, 0.25) is 0 Å². The Balaban J connectivity index is 1.60. The van der Waals surface area contributed by atoms with E-state index in [4.69, 9.17) is 11.6 Å². The van der Waals surface area contributed by atoms with Crippen LogP contribution in [0.2, 0.25) is 5.02 Å². The molecule has 2 aromatic rings. The zero-order valence-electron chi connectivity index (χ0n) is 17.0. The molecule has 29 heavy (non-hydrogen) atoms. The maximum Gasteiger partial charge on any atom is 0.253 e. The van der Waals surface area contributed by atoms with Gasteiger partial charge in [-0.15, -0.1) is 0 Å². The number of carbonyl (C=O) groups excluding carboxylic acids is 2. The number of anilines is 1. The molecule has 2 N–H and O–H groups in total. The molecule has 0 spiro atoms. The Labute approximate surface area is 177 Å². The Bertz CT molecular complexity index is 861. The van der Waals surface area contributed by atoms with Crippen LogP contribution in [0.15, 0.2) is 48.5 Å². The van der Waals surface area contributed by atoms with Crippen molar-refractivity contribution < 1.29 is 9.59 Å². The van der Waals surface area contributed by atoms with Crippen molar-refractivity contribution in [3.05, 3.63) is 64.7 Å². The monoisotopic (exact) mass is 413 g/mol. The minimum atomic E-state index is -0.137. The van der Waals surface area contributed by atoms with Gasteiger partial charge < -0.3 is 15.5 Å². The summed E-state index contributed by atoms with van der Waals surface area (Å²) in [5, 5.41) is 6.55. The summed E-state index contributed by atoms with van der Waals surface area (Å²) in [6, 6.07) is 14.9. The van der Waals surface area contributed by atoms with E-state index in [9.17, 15) is 9.59 Å². The minimum absolute atomic E-state index is 0.0385. The van der Waals surface area contributed by atoms with Crippen molar-refractivity contribution >= 4 is 29.1 Å². The molecule has 5 nitrogen and oxygen atoms in total. The van der Waals surface area contributed by atoms with Crippen molar-refractivity contribution in [3.8, 4) is 0 Å². The van der Waals surface area contributed by atoms with E-state index in [-0.39, 0.29) is 17.9 Å². The van der Waals surface area contributed by atoms with Crippen LogP contribution in [0.25, 0.3) is 0 Å². The molecule has 1 heterocycles. The minimum Gasteiger partial charge on any atom is -0.371 e. The largest absolute Gasteiger partial charge is 0.371 e. The van der Waals surface area contributed by atoms with E-state index in [1.54, 1.807) is 12.1 Å². The molecular weight excluding hydrogens is 386 g/mol. The van der Waals surface area contributed by atoms with Gasteiger partial charge in [-0.3, -0.25) is 9.59 Å². The summed E-state index contributed by atoms with van der Waals surface area (Å²) in [6.07, 6.45) is 1.64. The standard InChI is InChI=1S/C23H28ClN3O2/c1-16(2)15-25-22(28)19-8-4-6-10-21(19)27-13-11-17(12-14-27)26-23(29)18-7-3-5-9-20(18)24/h3-10,16-17H,11-15H2,1-2H3,(H,25,28)(H,26,29). The van der Waals surface area contributed by atoms with Crippen LogP contribution in [0.3, 0.4) is 0 Å². The second kappa shape index (κ2) is 9.79.